The average molecular weight is 382 g/mol. The predicted octanol–water partition coefficient (Wildman–Crippen LogP) is 0.350. The van der Waals surface area contributed by atoms with Gasteiger partial charge in [-0.2, -0.15) is 5.26 Å². The predicted molar refractivity (Wildman–Crippen MR) is 99.0 cm³/mol. The zero-order valence-electron chi connectivity index (χ0n) is 15.1. The topological polar surface area (TPSA) is 135 Å². The number of carbonyl (C=O) groups is 2. The lowest BCUT2D eigenvalue weighted by Crippen LogP contribution is -2.41. The first-order valence-corrected chi connectivity index (χ1v) is 8.30. The molecule has 9 nitrogen and oxygen atoms in total. The number of Topliss-reactive ketones (excluding diaryl/α,β-unsaturated/α-hetero) is 1. The summed E-state index contributed by atoms with van der Waals surface area (Å²) in [7, 11) is 0. The highest BCUT2D eigenvalue weighted by atomic mass is 16.5. The van der Waals surface area contributed by atoms with Crippen LogP contribution in [0.5, 0.6) is 0 Å². The number of carbonyl (C=O) groups excluding carboxylic acids is 2. The summed E-state index contributed by atoms with van der Waals surface area (Å²) in [4.78, 5) is 48.2. The number of aromatic nitrogens is 2. The van der Waals surface area contributed by atoms with E-state index in [1.165, 1.54) is 17.7 Å². The molecule has 0 radical (unpaired) electrons. The third-order valence-electron chi connectivity index (χ3n) is 3.88. The maximum atomic E-state index is 12.5. The van der Waals surface area contributed by atoms with Gasteiger partial charge in [-0.1, -0.05) is 30.3 Å². The quantitative estimate of drug-likeness (QED) is 0.517. The first-order chi connectivity index (χ1) is 13.3. The van der Waals surface area contributed by atoms with Crippen molar-refractivity contribution in [2.24, 2.45) is 5.92 Å². The van der Waals surface area contributed by atoms with E-state index < -0.39 is 42.1 Å². The summed E-state index contributed by atoms with van der Waals surface area (Å²) >= 11 is 0. The van der Waals surface area contributed by atoms with Crippen LogP contribution in [0.25, 0.3) is 0 Å². The Morgan fingerprint density at radius 2 is 1.89 bits per heavy atom. The molecule has 0 aliphatic rings. The number of nitriles is 1. The van der Waals surface area contributed by atoms with Gasteiger partial charge in [0.15, 0.2) is 12.4 Å². The minimum atomic E-state index is -1.30. The highest BCUT2D eigenvalue weighted by Gasteiger charge is 2.22. The minimum absolute atomic E-state index is 0.161. The molecule has 0 spiro atoms. The Labute approximate surface area is 159 Å². The van der Waals surface area contributed by atoms with E-state index in [0.29, 0.717) is 4.57 Å². The van der Waals surface area contributed by atoms with Gasteiger partial charge in [-0.05, 0) is 12.5 Å². The van der Waals surface area contributed by atoms with Crippen LogP contribution in [0.3, 0.4) is 0 Å². The second-order valence-corrected chi connectivity index (χ2v) is 6.01. The highest BCUT2D eigenvalue weighted by Crippen LogP contribution is 2.01. The smallest absolute Gasteiger partial charge is 0.331 e. The van der Waals surface area contributed by atoms with Crippen molar-refractivity contribution in [3.63, 3.8) is 0 Å². The monoisotopic (exact) mass is 382 g/mol. The molecule has 1 atom stereocenters. The zero-order chi connectivity index (χ0) is 20.7. The van der Waals surface area contributed by atoms with E-state index in [9.17, 15) is 19.2 Å². The van der Waals surface area contributed by atoms with Crippen LogP contribution in [0.4, 0.5) is 0 Å². The molecule has 9 heteroatoms. The van der Waals surface area contributed by atoms with E-state index in [-0.39, 0.29) is 12.3 Å². The maximum absolute atomic E-state index is 12.5. The van der Waals surface area contributed by atoms with Gasteiger partial charge in [0.1, 0.15) is 12.5 Å². The molecule has 0 saturated carbocycles. The molecular formula is C19H18N4O5. The van der Waals surface area contributed by atoms with Crippen molar-refractivity contribution in [1.82, 2.24) is 9.13 Å². The van der Waals surface area contributed by atoms with Crippen LogP contribution < -0.4 is 11.2 Å². The first kappa shape index (κ1) is 20.5. The summed E-state index contributed by atoms with van der Waals surface area (Å²) in [5.74, 6) is -3.01. The Kier molecular flexibility index (Phi) is 6.76. The first-order valence-electron chi connectivity index (χ1n) is 8.30. The fourth-order valence-corrected chi connectivity index (χ4v) is 2.42. The molecule has 0 bridgehead atoms. The molecule has 28 heavy (non-hydrogen) atoms. The highest BCUT2D eigenvalue weighted by molar-refractivity contribution is 6.05. The van der Waals surface area contributed by atoms with E-state index in [2.05, 4.69) is 0 Å². The number of hydrogen-bond donors (Lipinski definition) is 1. The van der Waals surface area contributed by atoms with E-state index in [1.807, 2.05) is 30.3 Å². The molecule has 1 aromatic heterocycles. The molecule has 0 fully saturated rings. The van der Waals surface area contributed by atoms with E-state index in [4.69, 9.17) is 15.4 Å². The van der Waals surface area contributed by atoms with Gasteiger partial charge in [-0.3, -0.25) is 19.0 Å². The SMILES string of the molecule is CC(=N)C(C#N)C(=O)COC(=O)Cn1c(=O)ccn(Cc2ccccc2)c1=O. The molecule has 0 aliphatic heterocycles. The Hall–Kier alpha value is -3.80. The largest absolute Gasteiger partial charge is 0.456 e. The molecule has 1 aromatic carbocycles. The Balaban J connectivity index is 2.10. The van der Waals surface area contributed by atoms with Crippen LogP contribution in [0, 0.1) is 22.7 Å². The van der Waals surface area contributed by atoms with Crippen molar-refractivity contribution < 1.29 is 14.3 Å². The number of hydrogen-bond acceptors (Lipinski definition) is 7. The van der Waals surface area contributed by atoms with Gasteiger partial charge in [0.25, 0.3) is 5.56 Å². The molecule has 1 unspecified atom stereocenters. The molecule has 1 N–H and O–H groups in total. The standard InChI is InChI=1S/C19H18N4O5/c1-13(21)15(9-20)16(24)12-28-18(26)11-23-17(25)7-8-22(19(23)27)10-14-5-3-2-4-6-14/h2-8,15,21H,10-12H2,1H3. The van der Waals surface area contributed by atoms with Gasteiger partial charge in [0.05, 0.1) is 12.6 Å². The van der Waals surface area contributed by atoms with E-state index >= 15 is 0 Å². The summed E-state index contributed by atoms with van der Waals surface area (Å²) < 4.78 is 6.75. The maximum Gasteiger partial charge on any atom is 0.331 e. The molecule has 1 heterocycles. The van der Waals surface area contributed by atoms with E-state index in [1.54, 1.807) is 6.07 Å². The van der Waals surface area contributed by atoms with Gasteiger partial charge in [0, 0.05) is 18.0 Å². The summed E-state index contributed by atoms with van der Waals surface area (Å²) in [5.41, 5.74) is -0.688. The van der Waals surface area contributed by atoms with Gasteiger partial charge in [-0.25, -0.2) is 9.36 Å². The van der Waals surface area contributed by atoms with Crippen LogP contribution >= 0.6 is 0 Å². The number of rotatable bonds is 8. The second-order valence-electron chi connectivity index (χ2n) is 6.01. The van der Waals surface area contributed by atoms with Crippen molar-refractivity contribution in [2.45, 2.75) is 20.0 Å². The van der Waals surface area contributed by atoms with Gasteiger partial charge < -0.3 is 10.1 Å². The second kappa shape index (κ2) is 9.23. The molecule has 2 rings (SSSR count). The molecular weight excluding hydrogens is 364 g/mol. The van der Waals surface area contributed by atoms with Crippen molar-refractivity contribution in [3.8, 4) is 6.07 Å². The van der Waals surface area contributed by atoms with Crippen LogP contribution in [0.2, 0.25) is 0 Å². The third-order valence-corrected chi connectivity index (χ3v) is 3.88. The molecule has 0 aliphatic carbocycles. The lowest BCUT2D eigenvalue weighted by atomic mass is 10.0. The molecule has 2 aromatic rings. The fraction of sp³-hybridized carbons (Fsp3) is 0.263. The van der Waals surface area contributed by atoms with Crippen molar-refractivity contribution >= 4 is 17.5 Å². The molecule has 144 valence electrons. The lowest BCUT2D eigenvalue weighted by Gasteiger charge is -2.10. The van der Waals surface area contributed by atoms with Gasteiger partial charge in [-0.15, -0.1) is 0 Å². The van der Waals surface area contributed by atoms with Crippen molar-refractivity contribution in [1.29, 1.82) is 10.7 Å². The summed E-state index contributed by atoms with van der Waals surface area (Å²) in [6.45, 7) is 0.136. The Bertz CT molecular complexity index is 1050. The minimum Gasteiger partial charge on any atom is -0.456 e. The summed E-state index contributed by atoms with van der Waals surface area (Å²) in [6.07, 6.45) is 1.34. The van der Waals surface area contributed by atoms with Gasteiger partial charge in [0.2, 0.25) is 0 Å². The van der Waals surface area contributed by atoms with Gasteiger partial charge >= 0.3 is 11.7 Å². The van der Waals surface area contributed by atoms with Crippen molar-refractivity contribution in [2.75, 3.05) is 6.61 Å². The zero-order valence-corrected chi connectivity index (χ0v) is 15.1. The number of nitrogens with one attached hydrogen (secondary N) is 1. The third kappa shape index (κ3) is 5.11. The van der Waals surface area contributed by atoms with Crippen LogP contribution in [0.1, 0.15) is 12.5 Å². The Morgan fingerprint density at radius 3 is 2.50 bits per heavy atom. The summed E-state index contributed by atoms with van der Waals surface area (Å²) in [6, 6.07) is 11.9. The molecule has 0 amide bonds. The molecule has 0 saturated heterocycles. The number of ether oxygens (including phenoxy) is 1. The van der Waals surface area contributed by atoms with Crippen LogP contribution in [0.15, 0.2) is 52.2 Å². The summed E-state index contributed by atoms with van der Waals surface area (Å²) in [5, 5.41) is 16.2. The van der Waals surface area contributed by atoms with Crippen LogP contribution in [-0.4, -0.2) is 33.2 Å². The lowest BCUT2D eigenvalue weighted by molar-refractivity contribution is -0.148. The van der Waals surface area contributed by atoms with Crippen molar-refractivity contribution in [3.05, 3.63) is 69.0 Å². The van der Waals surface area contributed by atoms with E-state index in [0.717, 1.165) is 11.6 Å². The number of benzene rings is 1. The normalized spacial score (nSPS) is 11.3. The number of nitrogens with zero attached hydrogens (tertiary/aromatic N) is 3. The number of ketones is 1. The number of esters is 1. The Morgan fingerprint density at radius 1 is 1.21 bits per heavy atom. The average Bonchev–Trinajstić information content (AvgIpc) is 2.67. The van der Waals surface area contributed by atoms with Crippen LogP contribution in [-0.2, 0) is 27.4 Å². The fourth-order valence-electron chi connectivity index (χ4n) is 2.42.